The van der Waals surface area contributed by atoms with Gasteiger partial charge in [-0.1, -0.05) is 23.4 Å². The smallest absolute Gasteiger partial charge is 0.168 e. The number of ether oxygens (including phenoxy) is 1. The number of pyridine rings is 1. The number of aliphatic imine (C=N–C) groups is 1. The van der Waals surface area contributed by atoms with Crippen LogP contribution in [0.2, 0.25) is 5.02 Å². The van der Waals surface area contributed by atoms with Crippen LogP contribution in [0.1, 0.15) is 22.5 Å². The van der Waals surface area contributed by atoms with E-state index in [0.29, 0.717) is 40.9 Å². The van der Waals surface area contributed by atoms with E-state index in [-0.39, 0.29) is 11.7 Å². The molecule has 0 amide bonds. The molecule has 2 aliphatic rings. The molecule has 3 N–H and O–H groups in total. The Balaban J connectivity index is 0.000000224. The average Bonchev–Trinajstić information content (AvgIpc) is 2.75. The molecule has 2 aromatic rings. The van der Waals surface area contributed by atoms with E-state index in [1.807, 2.05) is 13.1 Å². The Hall–Kier alpha value is -2.16. The molecular weight excluding hydrogens is 415 g/mol. The van der Waals surface area contributed by atoms with Gasteiger partial charge in [-0.2, -0.15) is 0 Å². The van der Waals surface area contributed by atoms with E-state index in [9.17, 15) is 9.18 Å². The molecule has 0 aliphatic carbocycles. The van der Waals surface area contributed by atoms with Gasteiger partial charge in [-0.05, 0) is 36.8 Å². The van der Waals surface area contributed by atoms with Crippen molar-refractivity contribution in [2.24, 2.45) is 16.6 Å². The Bertz CT molecular complexity index is 897. The van der Waals surface area contributed by atoms with Crippen LogP contribution in [-0.2, 0) is 10.3 Å². The van der Waals surface area contributed by atoms with E-state index in [2.05, 4.69) is 15.3 Å². The SMILES string of the molecule is CNc1ccc(F)c(C23COCCC2CSC(N)=N3)c1.O=Cc1ccc(Cl)cn1. The van der Waals surface area contributed by atoms with Crippen LogP contribution < -0.4 is 11.1 Å². The summed E-state index contributed by atoms with van der Waals surface area (Å²) in [6, 6.07) is 8.21. The lowest BCUT2D eigenvalue weighted by molar-refractivity contribution is 0.00304. The van der Waals surface area contributed by atoms with Gasteiger partial charge >= 0.3 is 0 Å². The summed E-state index contributed by atoms with van der Waals surface area (Å²) in [5.41, 5.74) is 7.08. The maximum absolute atomic E-state index is 14.4. The second-order valence-corrected chi connectivity index (χ2v) is 8.16. The van der Waals surface area contributed by atoms with E-state index in [4.69, 9.17) is 22.1 Å². The topological polar surface area (TPSA) is 89.6 Å². The van der Waals surface area contributed by atoms with Gasteiger partial charge in [0.1, 0.15) is 17.1 Å². The number of nitrogens with zero attached hydrogens (tertiary/aromatic N) is 2. The van der Waals surface area contributed by atoms with Crippen LogP contribution in [0.25, 0.3) is 0 Å². The highest BCUT2D eigenvalue weighted by molar-refractivity contribution is 8.13. The number of carbonyl (C=O) groups is 1. The minimum absolute atomic E-state index is 0.247. The van der Waals surface area contributed by atoms with Crippen LogP contribution >= 0.6 is 23.4 Å². The first-order valence-corrected chi connectivity index (χ1v) is 10.4. The zero-order valence-electron chi connectivity index (χ0n) is 15.9. The molecule has 1 aromatic carbocycles. The Morgan fingerprint density at radius 1 is 1.41 bits per heavy atom. The number of benzene rings is 1. The Labute approximate surface area is 178 Å². The summed E-state index contributed by atoms with van der Waals surface area (Å²) in [6.07, 6.45) is 2.99. The van der Waals surface area contributed by atoms with E-state index < -0.39 is 5.54 Å². The minimum Gasteiger partial charge on any atom is -0.388 e. The van der Waals surface area contributed by atoms with Crippen molar-refractivity contribution in [2.45, 2.75) is 12.0 Å². The van der Waals surface area contributed by atoms with Crippen molar-refractivity contribution in [3.05, 3.63) is 58.6 Å². The highest BCUT2D eigenvalue weighted by Crippen LogP contribution is 2.45. The minimum atomic E-state index is -0.676. The number of nitrogens with two attached hydrogens (primary N) is 1. The molecule has 2 atom stereocenters. The number of hydrogen-bond donors (Lipinski definition) is 2. The number of hydrogen-bond acceptors (Lipinski definition) is 7. The fourth-order valence-electron chi connectivity index (χ4n) is 3.40. The number of halogens is 2. The van der Waals surface area contributed by atoms with Gasteiger partial charge in [0.2, 0.25) is 0 Å². The van der Waals surface area contributed by atoms with E-state index in [0.717, 1.165) is 17.9 Å². The quantitative estimate of drug-likeness (QED) is 0.713. The largest absolute Gasteiger partial charge is 0.388 e. The fraction of sp³-hybridized carbons (Fsp3) is 0.350. The summed E-state index contributed by atoms with van der Waals surface area (Å²) in [5.74, 6) is 0.875. The molecule has 0 spiro atoms. The fourth-order valence-corrected chi connectivity index (χ4v) is 4.55. The van der Waals surface area contributed by atoms with Gasteiger partial charge in [-0.15, -0.1) is 0 Å². The summed E-state index contributed by atoms with van der Waals surface area (Å²) in [5, 5.41) is 4.10. The second-order valence-electron chi connectivity index (χ2n) is 6.69. The van der Waals surface area contributed by atoms with Crippen LogP contribution in [0.4, 0.5) is 10.1 Å². The third kappa shape index (κ3) is 4.88. The number of carbonyl (C=O) groups excluding carboxylic acids is 1. The molecule has 29 heavy (non-hydrogen) atoms. The first kappa shape index (κ1) is 21.5. The molecule has 6 nitrogen and oxygen atoms in total. The average molecular weight is 437 g/mol. The molecule has 154 valence electrons. The van der Waals surface area contributed by atoms with Crippen molar-refractivity contribution in [1.29, 1.82) is 0 Å². The van der Waals surface area contributed by atoms with Crippen molar-refractivity contribution in [2.75, 3.05) is 31.3 Å². The first-order valence-electron chi connectivity index (χ1n) is 9.09. The van der Waals surface area contributed by atoms with Crippen molar-refractivity contribution >= 4 is 40.5 Å². The molecule has 3 heterocycles. The highest BCUT2D eigenvalue weighted by atomic mass is 35.5. The zero-order chi connectivity index (χ0) is 20.9. The normalized spacial score (nSPS) is 23.1. The molecule has 2 aliphatic heterocycles. The molecule has 4 rings (SSSR count). The number of aldehydes is 1. The number of nitrogens with one attached hydrogen (secondary N) is 1. The zero-order valence-corrected chi connectivity index (χ0v) is 17.5. The lowest BCUT2D eigenvalue weighted by atomic mass is 9.76. The summed E-state index contributed by atoms with van der Waals surface area (Å²) in [7, 11) is 1.82. The van der Waals surface area contributed by atoms with Gasteiger partial charge in [0.05, 0.1) is 11.6 Å². The molecule has 0 bridgehead atoms. The molecule has 1 fully saturated rings. The Kier molecular flexibility index (Phi) is 7.10. The number of anilines is 1. The van der Waals surface area contributed by atoms with Gasteiger partial charge in [0, 0.05) is 42.8 Å². The van der Waals surface area contributed by atoms with E-state index in [1.54, 1.807) is 30.0 Å². The molecule has 9 heteroatoms. The second kappa shape index (κ2) is 9.56. The third-order valence-corrected chi connectivity index (χ3v) is 6.12. The number of thioether (sulfide) groups is 1. The van der Waals surface area contributed by atoms with Gasteiger partial charge in [-0.25, -0.2) is 9.38 Å². The highest BCUT2D eigenvalue weighted by Gasteiger charge is 2.47. The molecular formula is C20H22ClFN4O2S. The third-order valence-electron chi connectivity index (χ3n) is 4.94. The van der Waals surface area contributed by atoms with Crippen LogP contribution in [0.5, 0.6) is 0 Å². The van der Waals surface area contributed by atoms with Gasteiger partial charge in [0.25, 0.3) is 0 Å². The van der Waals surface area contributed by atoms with Crippen molar-refractivity contribution in [3.8, 4) is 0 Å². The number of fused-ring (bicyclic) bond motifs is 1. The van der Waals surface area contributed by atoms with Gasteiger partial charge in [0.15, 0.2) is 11.5 Å². The van der Waals surface area contributed by atoms with E-state index in [1.165, 1.54) is 12.3 Å². The summed E-state index contributed by atoms with van der Waals surface area (Å²) in [4.78, 5) is 18.3. The van der Waals surface area contributed by atoms with Crippen LogP contribution in [-0.4, -0.2) is 42.5 Å². The molecule has 0 radical (unpaired) electrons. The maximum Gasteiger partial charge on any atom is 0.168 e. The Morgan fingerprint density at radius 3 is 2.93 bits per heavy atom. The standard InChI is InChI=1S/C14H18FN3OS.C6H4ClNO/c1-17-10-2-3-12(15)11(6-10)14-8-19-5-4-9(14)7-20-13(16)18-14;7-5-1-2-6(4-9)8-3-5/h2-3,6,9,17H,4-5,7-8H2,1H3,(H2,16,18);1-4H. The van der Waals surface area contributed by atoms with Gasteiger partial charge in [-0.3, -0.25) is 9.78 Å². The number of aromatic nitrogens is 1. The van der Waals surface area contributed by atoms with Crippen molar-refractivity contribution < 1.29 is 13.9 Å². The van der Waals surface area contributed by atoms with Crippen LogP contribution in [0.3, 0.4) is 0 Å². The first-order chi connectivity index (χ1) is 14.0. The summed E-state index contributed by atoms with van der Waals surface area (Å²) < 4.78 is 20.0. The van der Waals surface area contributed by atoms with Crippen LogP contribution in [0, 0.1) is 11.7 Å². The molecule has 1 saturated heterocycles. The maximum atomic E-state index is 14.4. The predicted molar refractivity (Wildman–Crippen MR) is 115 cm³/mol. The molecule has 2 unspecified atom stereocenters. The van der Waals surface area contributed by atoms with E-state index >= 15 is 0 Å². The monoisotopic (exact) mass is 436 g/mol. The number of amidine groups is 1. The lowest BCUT2D eigenvalue weighted by Gasteiger charge is -2.43. The van der Waals surface area contributed by atoms with Crippen molar-refractivity contribution in [1.82, 2.24) is 4.98 Å². The lowest BCUT2D eigenvalue weighted by Crippen LogP contribution is -2.48. The van der Waals surface area contributed by atoms with Gasteiger partial charge < -0.3 is 15.8 Å². The molecule has 0 saturated carbocycles. The molecule has 1 aromatic heterocycles. The Morgan fingerprint density at radius 2 is 2.24 bits per heavy atom. The van der Waals surface area contributed by atoms with Crippen LogP contribution in [0.15, 0.2) is 41.5 Å². The summed E-state index contributed by atoms with van der Waals surface area (Å²) >= 11 is 7.04. The van der Waals surface area contributed by atoms with Crippen molar-refractivity contribution in [3.63, 3.8) is 0 Å². The number of rotatable bonds is 3. The predicted octanol–water partition coefficient (Wildman–Crippen LogP) is 3.71. The summed E-state index contributed by atoms with van der Waals surface area (Å²) in [6.45, 7) is 1.10.